The number of nitrogens with one attached hydrogen (secondary N) is 1. The minimum absolute atomic E-state index is 0.0815. The molecule has 1 fully saturated rings. The zero-order valence-electron chi connectivity index (χ0n) is 16.0. The van der Waals surface area contributed by atoms with Crippen LogP contribution in [0.5, 0.6) is 5.75 Å². The molecule has 6 heteroatoms. The third-order valence-electron chi connectivity index (χ3n) is 4.54. The van der Waals surface area contributed by atoms with Crippen molar-refractivity contribution in [2.75, 3.05) is 0 Å². The Hall–Kier alpha value is -2.81. The van der Waals surface area contributed by atoms with E-state index in [0.717, 1.165) is 36.8 Å². The molecule has 1 aromatic heterocycles. The highest BCUT2D eigenvalue weighted by atomic mass is 16.6. The number of para-hydroxylation sites is 1. The van der Waals surface area contributed by atoms with Crippen LogP contribution in [0.1, 0.15) is 52.0 Å². The highest BCUT2D eigenvalue weighted by Gasteiger charge is 2.26. The lowest BCUT2D eigenvalue weighted by molar-refractivity contribution is 0.0471. The molecule has 0 atom stereocenters. The van der Waals surface area contributed by atoms with Gasteiger partial charge < -0.3 is 14.8 Å². The van der Waals surface area contributed by atoms with Gasteiger partial charge in [-0.25, -0.2) is 4.79 Å². The molecule has 0 spiro atoms. The summed E-state index contributed by atoms with van der Waals surface area (Å²) in [5.41, 5.74) is 0.718. The fraction of sp³-hybridized carbons (Fsp3) is 0.476. The Morgan fingerprint density at radius 2 is 1.96 bits per heavy atom. The predicted octanol–water partition coefficient (Wildman–Crippen LogP) is 4.32. The van der Waals surface area contributed by atoms with E-state index < -0.39 is 5.60 Å². The molecule has 2 aromatic rings. The number of nitrogens with zero attached hydrogens (tertiary/aromatic N) is 2. The standard InChI is InChI=1S/C21H25N3O3/c1-21(2,3)27-20(25)24-15-7-9-16(10-8-15)26-18-11-12-23-19-14(13-22)5-4-6-17(18)19/h4-6,11-12,15-16H,7-10H2,1-3H3,(H,24,25). The average Bonchev–Trinajstić information content (AvgIpc) is 2.61. The summed E-state index contributed by atoms with van der Waals surface area (Å²) in [6, 6.07) is 9.65. The fourth-order valence-electron chi connectivity index (χ4n) is 3.32. The van der Waals surface area contributed by atoms with E-state index in [9.17, 15) is 10.1 Å². The van der Waals surface area contributed by atoms with E-state index in [4.69, 9.17) is 9.47 Å². The van der Waals surface area contributed by atoms with Gasteiger partial charge in [0.2, 0.25) is 0 Å². The first-order valence-electron chi connectivity index (χ1n) is 9.30. The number of alkyl carbamates (subject to hydrolysis) is 1. The molecule has 1 aliphatic rings. The van der Waals surface area contributed by atoms with E-state index in [2.05, 4.69) is 16.4 Å². The maximum atomic E-state index is 11.9. The first-order chi connectivity index (χ1) is 12.9. The van der Waals surface area contributed by atoms with Crippen molar-refractivity contribution in [3.05, 3.63) is 36.0 Å². The number of aromatic nitrogens is 1. The molecule has 6 nitrogen and oxygen atoms in total. The smallest absolute Gasteiger partial charge is 0.407 e. The van der Waals surface area contributed by atoms with Crippen LogP contribution in [0.15, 0.2) is 30.5 Å². The number of pyridine rings is 1. The summed E-state index contributed by atoms with van der Waals surface area (Å²) >= 11 is 0. The molecule has 0 aliphatic heterocycles. The van der Waals surface area contributed by atoms with Crippen LogP contribution >= 0.6 is 0 Å². The number of nitriles is 1. The summed E-state index contributed by atoms with van der Waals surface area (Å²) in [5.74, 6) is 0.751. The summed E-state index contributed by atoms with van der Waals surface area (Å²) < 4.78 is 11.5. The first kappa shape index (κ1) is 19.0. The topological polar surface area (TPSA) is 84.2 Å². The molecule has 142 valence electrons. The second-order valence-electron chi connectivity index (χ2n) is 7.86. The molecule has 0 bridgehead atoms. The Bertz CT molecular complexity index is 859. The van der Waals surface area contributed by atoms with Crippen LogP contribution in [-0.2, 0) is 4.74 Å². The van der Waals surface area contributed by atoms with Crippen LogP contribution in [0, 0.1) is 11.3 Å². The molecule has 0 saturated heterocycles. The molecule has 1 aliphatic carbocycles. The van der Waals surface area contributed by atoms with Crippen LogP contribution in [0.25, 0.3) is 10.9 Å². The molecule has 1 amide bonds. The van der Waals surface area contributed by atoms with E-state index in [1.807, 2.05) is 39.0 Å². The van der Waals surface area contributed by atoms with Crippen molar-refractivity contribution in [3.63, 3.8) is 0 Å². The molecule has 0 radical (unpaired) electrons. The largest absolute Gasteiger partial charge is 0.490 e. The molecular weight excluding hydrogens is 342 g/mol. The summed E-state index contributed by atoms with van der Waals surface area (Å²) in [5, 5.41) is 13.0. The number of ether oxygens (including phenoxy) is 2. The van der Waals surface area contributed by atoms with Gasteiger partial charge in [0.25, 0.3) is 0 Å². The van der Waals surface area contributed by atoms with Gasteiger partial charge in [0.1, 0.15) is 17.4 Å². The van der Waals surface area contributed by atoms with E-state index >= 15 is 0 Å². The number of rotatable bonds is 3. The molecule has 1 aromatic carbocycles. The van der Waals surface area contributed by atoms with Crippen LogP contribution in [0.2, 0.25) is 0 Å². The number of benzene rings is 1. The van der Waals surface area contributed by atoms with Gasteiger partial charge in [-0.05, 0) is 64.7 Å². The molecule has 27 heavy (non-hydrogen) atoms. The van der Waals surface area contributed by atoms with Gasteiger partial charge in [-0.15, -0.1) is 0 Å². The highest BCUT2D eigenvalue weighted by molar-refractivity contribution is 5.89. The third kappa shape index (κ3) is 4.88. The monoisotopic (exact) mass is 367 g/mol. The first-order valence-corrected chi connectivity index (χ1v) is 9.30. The van der Waals surface area contributed by atoms with Gasteiger partial charge in [0.05, 0.1) is 17.2 Å². The minimum atomic E-state index is -0.491. The second-order valence-corrected chi connectivity index (χ2v) is 7.86. The van der Waals surface area contributed by atoms with E-state index in [1.165, 1.54) is 0 Å². The van der Waals surface area contributed by atoms with Gasteiger partial charge in [0, 0.05) is 17.6 Å². The Labute approximate surface area is 159 Å². The molecule has 1 N–H and O–H groups in total. The van der Waals surface area contributed by atoms with E-state index in [-0.39, 0.29) is 18.2 Å². The Balaban J connectivity index is 1.60. The third-order valence-corrected chi connectivity index (χ3v) is 4.54. The lowest BCUT2D eigenvalue weighted by atomic mass is 9.93. The summed E-state index contributed by atoms with van der Waals surface area (Å²) in [4.78, 5) is 16.2. The number of carbonyl (C=O) groups excluding carboxylic acids is 1. The lowest BCUT2D eigenvalue weighted by Gasteiger charge is -2.30. The van der Waals surface area contributed by atoms with Crippen molar-refractivity contribution in [2.24, 2.45) is 0 Å². The number of hydrogen-bond acceptors (Lipinski definition) is 5. The van der Waals surface area contributed by atoms with Gasteiger partial charge in [-0.2, -0.15) is 5.26 Å². The SMILES string of the molecule is CC(C)(C)OC(=O)NC1CCC(Oc2ccnc3c(C#N)cccc23)CC1. The van der Waals surface area contributed by atoms with Crippen molar-refractivity contribution in [1.29, 1.82) is 5.26 Å². The van der Waals surface area contributed by atoms with Crippen LogP contribution in [-0.4, -0.2) is 28.8 Å². The minimum Gasteiger partial charge on any atom is -0.490 e. The van der Waals surface area contributed by atoms with Gasteiger partial charge >= 0.3 is 6.09 Å². The zero-order chi connectivity index (χ0) is 19.4. The zero-order valence-corrected chi connectivity index (χ0v) is 16.0. The Kier molecular flexibility index (Phi) is 5.50. The number of carbonyl (C=O) groups is 1. The number of amides is 1. The Morgan fingerprint density at radius 3 is 2.63 bits per heavy atom. The van der Waals surface area contributed by atoms with Crippen molar-refractivity contribution in [3.8, 4) is 11.8 Å². The normalized spacial score (nSPS) is 19.9. The van der Waals surface area contributed by atoms with Crippen molar-refractivity contribution >= 4 is 17.0 Å². The number of fused-ring (bicyclic) bond motifs is 1. The maximum Gasteiger partial charge on any atom is 0.407 e. The molecule has 3 rings (SSSR count). The van der Waals surface area contributed by atoms with Crippen LogP contribution in [0.4, 0.5) is 4.79 Å². The maximum absolute atomic E-state index is 11.9. The summed E-state index contributed by atoms with van der Waals surface area (Å²) in [7, 11) is 0. The van der Waals surface area contributed by atoms with Crippen molar-refractivity contribution < 1.29 is 14.3 Å². The molecule has 1 heterocycles. The van der Waals surface area contributed by atoms with Gasteiger partial charge in [-0.3, -0.25) is 4.98 Å². The van der Waals surface area contributed by atoms with Crippen LogP contribution in [0.3, 0.4) is 0 Å². The quantitative estimate of drug-likeness (QED) is 0.873. The average molecular weight is 367 g/mol. The second kappa shape index (κ2) is 7.83. The van der Waals surface area contributed by atoms with Gasteiger partial charge in [0.15, 0.2) is 0 Å². The van der Waals surface area contributed by atoms with Gasteiger partial charge in [-0.1, -0.05) is 6.07 Å². The number of hydrogen-bond donors (Lipinski definition) is 1. The summed E-state index contributed by atoms with van der Waals surface area (Å²) in [6.07, 6.45) is 4.78. The molecule has 1 saturated carbocycles. The van der Waals surface area contributed by atoms with Crippen molar-refractivity contribution in [2.45, 2.75) is 64.2 Å². The predicted molar refractivity (Wildman–Crippen MR) is 102 cm³/mol. The van der Waals surface area contributed by atoms with Crippen LogP contribution < -0.4 is 10.1 Å². The van der Waals surface area contributed by atoms with Crippen molar-refractivity contribution in [1.82, 2.24) is 10.3 Å². The highest BCUT2D eigenvalue weighted by Crippen LogP contribution is 2.30. The van der Waals surface area contributed by atoms with E-state index in [1.54, 1.807) is 12.3 Å². The molecular formula is C21H25N3O3. The molecule has 0 unspecified atom stereocenters. The summed E-state index contributed by atoms with van der Waals surface area (Å²) in [6.45, 7) is 5.57. The fourth-order valence-corrected chi connectivity index (χ4v) is 3.32. The lowest BCUT2D eigenvalue weighted by Crippen LogP contribution is -2.42. The Morgan fingerprint density at radius 1 is 1.22 bits per heavy atom. The van der Waals surface area contributed by atoms with E-state index in [0.29, 0.717) is 11.1 Å².